The summed E-state index contributed by atoms with van der Waals surface area (Å²) in [5, 5.41) is 0. The number of allylic oxidation sites excluding steroid dienone is 5. The van der Waals surface area contributed by atoms with E-state index in [1.165, 1.54) is 0 Å². The fraction of sp³-hybridized carbons (Fsp3) is 0.238. The molecule has 0 aliphatic carbocycles. The van der Waals surface area contributed by atoms with Crippen LogP contribution in [0.4, 0.5) is 22.0 Å². The smallest absolute Gasteiger partial charge is 0.144 e. The Morgan fingerprint density at radius 1 is 0.500 bits per heavy atom. The summed E-state index contributed by atoms with van der Waals surface area (Å²) in [6, 6.07) is 0.967. The van der Waals surface area contributed by atoms with Gasteiger partial charge in [0.2, 0.25) is 0 Å². The zero-order valence-corrected chi connectivity index (χ0v) is 14.3. The molecule has 0 aliphatic heterocycles. The van der Waals surface area contributed by atoms with Crippen LogP contribution in [0.3, 0.4) is 0 Å². The Balaban J connectivity index is 4.17. The number of benzene rings is 1. The summed E-state index contributed by atoms with van der Waals surface area (Å²) in [6.07, 6.45) is -5.80. The van der Waals surface area contributed by atoms with Crippen molar-refractivity contribution < 1.29 is 22.0 Å². The third-order valence-corrected chi connectivity index (χ3v) is 3.97. The van der Waals surface area contributed by atoms with E-state index >= 15 is 0 Å². The van der Waals surface area contributed by atoms with E-state index in [0.717, 1.165) is 36.4 Å². The summed E-state index contributed by atoms with van der Waals surface area (Å²) in [5.41, 5.74) is -2.15. The predicted octanol–water partition coefficient (Wildman–Crippen LogP) is 7.67. The van der Waals surface area contributed by atoms with Crippen molar-refractivity contribution in [1.82, 2.24) is 0 Å². The number of rotatable bonds is 10. The molecule has 0 spiro atoms. The third kappa shape index (κ3) is 4.03. The lowest BCUT2D eigenvalue weighted by Gasteiger charge is -2.26. The van der Waals surface area contributed by atoms with Crippen LogP contribution in [0.15, 0.2) is 69.3 Å². The van der Waals surface area contributed by atoms with Crippen LogP contribution < -0.4 is 0 Å². The molecule has 0 nitrogen and oxygen atoms in total. The van der Waals surface area contributed by atoms with Crippen LogP contribution in [-0.4, -0.2) is 0 Å². The van der Waals surface area contributed by atoms with Gasteiger partial charge in [-0.1, -0.05) is 63.3 Å². The molecular weight excluding hydrogens is 347 g/mol. The van der Waals surface area contributed by atoms with Gasteiger partial charge in [-0.2, -0.15) is 0 Å². The highest BCUT2D eigenvalue weighted by molar-refractivity contribution is 5.54. The third-order valence-electron chi connectivity index (χ3n) is 3.97. The average molecular weight is 368 g/mol. The molecule has 0 aliphatic rings. The maximum Gasteiger partial charge on any atom is 0.144 e. The van der Waals surface area contributed by atoms with Crippen LogP contribution in [0.25, 0.3) is 0 Å². The van der Waals surface area contributed by atoms with Gasteiger partial charge in [-0.3, -0.25) is 0 Å². The number of alkyl halides is 5. The fourth-order valence-corrected chi connectivity index (χ4v) is 2.76. The summed E-state index contributed by atoms with van der Waals surface area (Å²) < 4.78 is 72.6. The van der Waals surface area contributed by atoms with Gasteiger partial charge in [-0.05, 0) is 17.2 Å². The van der Waals surface area contributed by atoms with E-state index in [1.54, 1.807) is 0 Å². The monoisotopic (exact) mass is 368 g/mol. The van der Waals surface area contributed by atoms with Gasteiger partial charge in [0.25, 0.3) is 0 Å². The zero-order chi connectivity index (χ0) is 20.0. The van der Waals surface area contributed by atoms with Crippen molar-refractivity contribution in [1.29, 1.82) is 0 Å². The van der Waals surface area contributed by atoms with Gasteiger partial charge in [0, 0.05) is 16.7 Å². The van der Waals surface area contributed by atoms with Crippen molar-refractivity contribution in [2.45, 2.75) is 30.9 Å². The Morgan fingerprint density at radius 2 is 0.769 bits per heavy atom. The molecule has 1 aromatic rings. The highest BCUT2D eigenvalue weighted by atomic mass is 19.2. The molecule has 0 saturated carbocycles. The molecule has 5 atom stereocenters. The Bertz CT molecular complexity index is 657. The van der Waals surface area contributed by atoms with Crippen LogP contribution in [-0.2, 0) is 0 Å². The van der Waals surface area contributed by atoms with Gasteiger partial charge < -0.3 is 0 Å². The zero-order valence-electron chi connectivity index (χ0n) is 14.3. The molecule has 5 unspecified atom stereocenters. The van der Waals surface area contributed by atoms with E-state index in [1.807, 2.05) is 0 Å². The molecule has 5 heteroatoms. The van der Waals surface area contributed by atoms with Crippen molar-refractivity contribution in [2.24, 2.45) is 0 Å². The van der Waals surface area contributed by atoms with Crippen LogP contribution in [0.5, 0.6) is 0 Å². The van der Waals surface area contributed by atoms with Crippen LogP contribution in [0.2, 0.25) is 0 Å². The summed E-state index contributed by atoms with van der Waals surface area (Å²) in [5.74, 6) is 0. The molecule has 1 aromatic carbocycles. The second kappa shape index (κ2) is 9.32. The molecule has 0 aromatic heterocycles. The van der Waals surface area contributed by atoms with Crippen molar-refractivity contribution in [3.63, 3.8) is 0 Å². The standard InChI is InChI=1S/C21H21F5/c1-6-14(22)12-11-13(15(23)7-2)20(17(25)9-4)21(18(26)10-5)19(12)16(24)8-3/h6-11,14-18H,1-5H2. The van der Waals surface area contributed by atoms with Crippen LogP contribution >= 0.6 is 0 Å². The number of halogens is 5. The van der Waals surface area contributed by atoms with E-state index in [-0.39, 0.29) is 11.1 Å². The molecule has 0 N–H and O–H groups in total. The van der Waals surface area contributed by atoms with Crippen molar-refractivity contribution in [2.75, 3.05) is 0 Å². The first-order valence-corrected chi connectivity index (χ1v) is 7.82. The number of hydrogen-bond acceptors (Lipinski definition) is 0. The van der Waals surface area contributed by atoms with Gasteiger partial charge in [0.05, 0.1) is 0 Å². The molecule has 0 radical (unpaired) electrons. The Labute approximate surface area is 150 Å². The minimum Gasteiger partial charge on any atom is -0.238 e. The summed E-state index contributed by atoms with van der Waals surface area (Å²) >= 11 is 0. The molecular formula is C21H21F5. The Kier molecular flexibility index (Phi) is 7.75. The van der Waals surface area contributed by atoms with Gasteiger partial charge in [0.1, 0.15) is 30.9 Å². The molecule has 0 bridgehead atoms. The van der Waals surface area contributed by atoms with Gasteiger partial charge in [-0.15, -0.1) is 0 Å². The van der Waals surface area contributed by atoms with Crippen LogP contribution in [0.1, 0.15) is 58.7 Å². The summed E-state index contributed by atoms with van der Waals surface area (Å²) in [7, 11) is 0. The first kappa shape index (κ1) is 21.6. The van der Waals surface area contributed by atoms with Crippen LogP contribution in [0, 0.1) is 0 Å². The SMILES string of the molecule is C=CC(F)c1cc(C(F)C=C)c(C(F)C=C)c(C(F)C=C)c1C(F)C=C. The van der Waals surface area contributed by atoms with Gasteiger partial charge in [0.15, 0.2) is 0 Å². The molecule has 0 fully saturated rings. The quantitative estimate of drug-likeness (QED) is 0.294. The van der Waals surface area contributed by atoms with Gasteiger partial charge >= 0.3 is 0 Å². The van der Waals surface area contributed by atoms with E-state index < -0.39 is 47.5 Å². The van der Waals surface area contributed by atoms with Crippen molar-refractivity contribution >= 4 is 0 Å². The molecule has 140 valence electrons. The predicted molar refractivity (Wildman–Crippen MR) is 96.7 cm³/mol. The lowest BCUT2D eigenvalue weighted by Crippen LogP contribution is -2.14. The second-order valence-electron chi connectivity index (χ2n) is 5.48. The normalized spacial score (nSPS) is 16.7. The highest BCUT2D eigenvalue weighted by Gasteiger charge is 2.32. The first-order chi connectivity index (χ1) is 12.3. The lowest BCUT2D eigenvalue weighted by atomic mass is 9.82. The fourth-order valence-electron chi connectivity index (χ4n) is 2.76. The van der Waals surface area contributed by atoms with E-state index in [9.17, 15) is 22.0 Å². The van der Waals surface area contributed by atoms with E-state index in [2.05, 4.69) is 32.9 Å². The van der Waals surface area contributed by atoms with E-state index in [4.69, 9.17) is 0 Å². The minimum absolute atomic E-state index is 0.355. The topological polar surface area (TPSA) is 0 Å². The first-order valence-electron chi connectivity index (χ1n) is 7.82. The summed E-state index contributed by atoms with van der Waals surface area (Å²) in [4.78, 5) is 0. The van der Waals surface area contributed by atoms with Crippen molar-refractivity contribution in [3.8, 4) is 0 Å². The summed E-state index contributed by atoms with van der Waals surface area (Å²) in [6.45, 7) is 16.4. The molecule has 0 saturated heterocycles. The maximum absolute atomic E-state index is 14.7. The van der Waals surface area contributed by atoms with Crippen molar-refractivity contribution in [3.05, 3.63) is 97.2 Å². The van der Waals surface area contributed by atoms with Gasteiger partial charge in [-0.25, -0.2) is 22.0 Å². The Hall–Kier alpha value is -2.43. The average Bonchev–Trinajstić information content (AvgIpc) is 2.68. The molecule has 0 amide bonds. The maximum atomic E-state index is 14.7. The highest BCUT2D eigenvalue weighted by Crippen LogP contribution is 2.45. The molecule has 26 heavy (non-hydrogen) atoms. The Morgan fingerprint density at radius 3 is 1.04 bits per heavy atom. The lowest BCUT2D eigenvalue weighted by molar-refractivity contribution is 0.343. The molecule has 0 heterocycles. The second-order valence-corrected chi connectivity index (χ2v) is 5.48. The number of hydrogen-bond donors (Lipinski definition) is 0. The largest absolute Gasteiger partial charge is 0.238 e. The molecule has 1 rings (SSSR count). The minimum atomic E-state index is -2.07. The van der Waals surface area contributed by atoms with E-state index in [0.29, 0.717) is 0 Å².